The summed E-state index contributed by atoms with van der Waals surface area (Å²) in [6, 6.07) is 15.4. The maximum Gasteiger partial charge on any atom is 0.235 e. The third-order valence-corrected chi connectivity index (χ3v) is 4.87. The standard InChI is InChI=1S/C19H17ClN2O/c1-12-17(15-7-2-3-8-16(15)21-12)19(9-10-19)18(23)22-14-6-4-5-13(20)11-14/h2-8,11,21H,9-10H2,1H3,(H,22,23). The van der Waals surface area contributed by atoms with E-state index in [-0.39, 0.29) is 5.91 Å². The zero-order chi connectivity index (χ0) is 16.0. The molecule has 1 aliphatic rings. The van der Waals surface area contributed by atoms with E-state index < -0.39 is 5.41 Å². The smallest absolute Gasteiger partial charge is 0.235 e. The molecule has 4 rings (SSSR count). The molecule has 3 aromatic rings. The van der Waals surface area contributed by atoms with Crippen LogP contribution in [0.15, 0.2) is 48.5 Å². The van der Waals surface area contributed by atoms with E-state index in [1.165, 1.54) is 0 Å². The van der Waals surface area contributed by atoms with Gasteiger partial charge < -0.3 is 10.3 Å². The van der Waals surface area contributed by atoms with Gasteiger partial charge in [0.15, 0.2) is 0 Å². The van der Waals surface area contributed by atoms with E-state index in [1.807, 2.05) is 31.2 Å². The van der Waals surface area contributed by atoms with Gasteiger partial charge >= 0.3 is 0 Å². The second kappa shape index (κ2) is 5.14. The van der Waals surface area contributed by atoms with Gasteiger partial charge in [-0.1, -0.05) is 35.9 Å². The van der Waals surface area contributed by atoms with Crippen molar-refractivity contribution in [1.82, 2.24) is 4.98 Å². The summed E-state index contributed by atoms with van der Waals surface area (Å²) in [5, 5.41) is 4.79. The van der Waals surface area contributed by atoms with Crippen molar-refractivity contribution in [3.8, 4) is 0 Å². The van der Waals surface area contributed by atoms with Gasteiger partial charge in [0.05, 0.1) is 5.41 Å². The highest BCUT2D eigenvalue weighted by molar-refractivity contribution is 6.30. The first kappa shape index (κ1) is 14.3. The van der Waals surface area contributed by atoms with Crippen molar-refractivity contribution in [2.45, 2.75) is 25.2 Å². The Labute approximate surface area is 139 Å². The van der Waals surface area contributed by atoms with Gasteiger partial charge in [0.2, 0.25) is 5.91 Å². The van der Waals surface area contributed by atoms with Crippen molar-refractivity contribution >= 4 is 34.1 Å². The topological polar surface area (TPSA) is 44.9 Å². The molecule has 3 nitrogen and oxygen atoms in total. The lowest BCUT2D eigenvalue weighted by Crippen LogP contribution is -2.28. The van der Waals surface area contributed by atoms with Crippen LogP contribution in [0.3, 0.4) is 0 Å². The number of carbonyl (C=O) groups is 1. The van der Waals surface area contributed by atoms with Crippen LogP contribution in [-0.4, -0.2) is 10.9 Å². The number of fused-ring (bicyclic) bond motifs is 1. The normalized spacial score (nSPS) is 15.6. The number of hydrogen-bond donors (Lipinski definition) is 2. The van der Waals surface area contributed by atoms with Crippen molar-refractivity contribution in [3.63, 3.8) is 0 Å². The van der Waals surface area contributed by atoms with Gasteiger partial charge in [0.25, 0.3) is 0 Å². The lowest BCUT2D eigenvalue weighted by Gasteiger charge is -2.16. The molecule has 1 saturated carbocycles. The summed E-state index contributed by atoms with van der Waals surface area (Å²) in [6.07, 6.45) is 1.75. The van der Waals surface area contributed by atoms with Crippen molar-refractivity contribution < 1.29 is 4.79 Å². The van der Waals surface area contributed by atoms with E-state index in [0.29, 0.717) is 5.02 Å². The van der Waals surface area contributed by atoms with E-state index in [0.717, 1.165) is 40.7 Å². The van der Waals surface area contributed by atoms with Gasteiger partial charge in [0.1, 0.15) is 0 Å². The van der Waals surface area contributed by atoms with Gasteiger partial charge in [-0.05, 0) is 49.6 Å². The molecule has 0 radical (unpaired) electrons. The van der Waals surface area contributed by atoms with E-state index in [2.05, 4.69) is 22.4 Å². The number of anilines is 1. The van der Waals surface area contributed by atoms with Gasteiger partial charge in [-0.3, -0.25) is 4.79 Å². The molecule has 116 valence electrons. The molecule has 4 heteroatoms. The fourth-order valence-corrected chi connectivity index (χ4v) is 3.62. The summed E-state index contributed by atoms with van der Waals surface area (Å²) in [7, 11) is 0. The Morgan fingerprint density at radius 1 is 1.17 bits per heavy atom. The molecule has 1 aromatic heterocycles. The van der Waals surface area contributed by atoms with Gasteiger partial charge in [-0.25, -0.2) is 0 Å². The average Bonchev–Trinajstić information content (AvgIpc) is 3.24. The van der Waals surface area contributed by atoms with Crippen LogP contribution in [0.1, 0.15) is 24.1 Å². The van der Waals surface area contributed by atoms with Crippen LogP contribution in [0.5, 0.6) is 0 Å². The molecule has 1 amide bonds. The highest BCUT2D eigenvalue weighted by atomic mass is 35.5. The summed E-state index contributed by atoms with van der Waals surface area (Å²) in [4.78, 5) is 16.3. The molecule has 0 bridgehead atoms. The van der Waals surface area contributed by atoms with Gasteiger partial charge in [-0.15, -0.1) is 0 Å². The largest absolute Gasteiger partial charge is 0.358 e. The number of aromatic nitrogens is 1. The molecule has 2 aromatic carbocycles. The number of benzene rings is 2. The molecule has 0 saturated heterocycles. The maximum absolute atomic E-state index is 12.9. The number of amides is 1. The first-order valence-electron chi connectivity index (χ1n) is 7.75. The van der Waals surface area contributed by atoms with E-state index >= 15 is 0 Å². The Morgan fingerprint density at radius 3 is 2.70 bits per heavy atom. The second-order valence-corrected chi connectivity index (χ2v) is 6.65. The first-order chi connectivity index (χ1) is 11.1. The number of aromatic amines is 1. The van der Waals surface area contributed by atoms with Crippen LogP contribution in [0.4, 0.5) is 5.69 Å². The SMILES string of the molecule is Cc1[nH]c2ccccc2c1C1(C(=O)Nc2cccc(Cl)c2)CC1. The van der Waals surface area contributed by atoms with Crippen molar-refractivity contribution in [3.05, 3.63) is 64.8 Å². The summed E-state index contributed by atoms with van der Waals surface area (Å²) in [6.45, 7) is 2.04. The van der Waals surface area contributed by atoms with E-state index in [9.17, 15) is 4.79 Å². The molecule has 1 heterocycles. The van der Waals surface area contributed by atoms with Crippen molar-refractivity contribution in [2.75, 3.05) is 5.32 Å². The van der Waals surface area contributed by atoms with Crippen LogP contribution in [0, 0.1) is 6.92 Å². The van der Waals surface area contributed by atoms with Crippen LogP contribution in [-0.2, 0) is 10.2 Å². The molecular formula is C19H17ClN2O. The third kappa shape index (κ3) is 2.32. The molecule has 2 N–H and O–H groups in total. The van der Waals surface area contributed by atoms with Gasteiger partial charge in [0, 0.05) is 27.3 Å². The molecule has 0 atom stereocenters. The number of rotatable bonds is 3. The minimum Gasteiger partial charge on any atom is -0.358 e. The summed E-state index contributed by atoms with van der Waals surface area (Å²) in [5.41, 5.74) is 3.61. The maximum atomic E-state index is 12.9. The molecule has 1 aliphatic carbocycles. The van der Waals surface area contributed by atoms with Crippen LogP contribution in [0.2, 0.25) is 5.02 Å². The highest BCUT2D eigenvalue weighted by Gasteiger charge is 2.53. The van der Waals surface area contributed by atoms with E-state index in [4.69, 9.17) is 11.6 Å². The zero-order valence-electron chi connectivity index (χ0n) is 12.8. The molecule has 1 fully saturated rings. The Bertz CT molecular complexity index is 909. The number of nitrogens with one attached hydrogen (secondary N) is 2. The highest BCUT2D eigenvalue weighted by Crippen LogP contribution is 2.52. The predicted octanol–water partition coefficient (Wildman–Crippen LogP) is 4.80. The molecule has 0 unspecified atom stereocenters. The summed E-state index contributed by atoms with van der Waals surface area (Å²) in [5.74, 6) is 0.0487. The number of hydrogen-bond acceptors (Lipinski definition) is 1. The quantitative estimate of drug-likeness (QED) is 0.714. The van der Waals surface area contributed by atoms with Crippen LogP contribution >= 0.6 is 11.6 Å². The fourth-order valence-electron chi connectivity index (χ4n) is 3.43. The summed E-state index contributed by atoms with van der Waals surface area (Å²) < 4.78 is 0. The number of H-pyrrole nitrogens is 1. The fraction of sp³-hybridized carbons (Fsp3) is 0.211. The molecular weight excluding hydrogens is 308 g/mol. The Hall–Kier alpha value is -2.26. The Balaban J connectivity index is 1.72. The van der Waals surface area contributed by atoms with Gasteiger partial charge in [-0.2, -0.15) is 0 Å². The van der Waals surface area contributed by atoms with Crippen molar-refractivity contribution in [1.29, 1.82) is 0 Å². The molecule has 23 heavy (non-hydrogen) atoms. The van der Waals surface area contributed by atoms with E-state index in [1.54, 1.807) is 12.1 Å². The second-order valence-electron chi connectivity index (χ2n) is 6.22. The van der Waals surface area contributed by atoms with Crippen LogP contribution < -0.4 is 5.32 Å². The number of halogens is 1. The Kier molecular flexibility index (Phi) is 3.20. The number of carbonyl (C=O) groups excluding carboxylic acids is 1. The van der Waals surface area contributed by atoms with Crippen molar-refractivity contribution in [2.24, 2.45) is 0 Å². The number of aryl methyl sites for hydroxylation is 1. The lowest BCUT2D eigenvalue weighted by atomic mass is 9.92. The number of para-hydroxylation sites is 1. The minimum atomic E-state index is -0.425. The lowest BCUT2D eigenvalue weighted by molar-refractivity contribution is -0.118. The molecule has 0 aliphatic heterocycles. The predicted molar refractivity (Wildman–Crippen MR) is 94.0 cm³/mol. The monoisotopic (exact) mass is 324 g/mol. The minimum absolute atomic E-state index is 0.0487. The zero-order valence-corrected chi connectivity index (χ0v) is 13.6. The average molecular weight is 325 g/mol. The third-order valence-electron chi connectivity index (χ3n) is 4.64. The molecule has 0 spiro atoms. The first-order valence-corrected chi connectivity index (χ1v) is 8.13. The Morgan fingerprint density at radius 2 is 1.96 bits per heavy atom. The van der Waals surface area contributed by atoms with Crippen LogP contribution in [0.25, 0.3) is 10.9 Å². The summed E-state index contributed by atoms with van der Waals surface area (Å²) >= 11 is 6.00.